The van der Waals surface area contributed by atoms with Crippen LogP contribution < -0.4 is 10.1 Å². The van der Waals surface area contributed by atoms with E-state index >= 15 is 0 Å². The highest BCUT2D eigenvalue weighted by Crippen LogP contribution is 2.31. The second kappa shape index (κ2) is 10.8. The van der Waals surface area contributed by atoms with E-state index in [2.05, 4.69) is 59.6 Å². The second-order valence-electron chi connectivity index (χ2n) is 9.14. The van der Waals surface area contributed by atoms with Gasteiger partial charge in [-0.05, 0) is 54.0 Å². The maximum absolute atomic E-state index is 13.1. The standard InChI is InChI=1S/C30H29N3O3/c1-21-2-4-22(5-3-21)24-8-11-29-26(18-24)19-25(12-15-36-29)30(34)32-27-9-6-23(7-10-27)28(20-31)33-13-16-35-17-14-33/h2-11,18-19,28H,12-17H2,1H3,(H,32,34). The molecule has 1 atom stereocenters. The Labute approximate surface area is 211 Å². The lowest BCUT2D eigenvalue weighted by Crippen LogP contribution is -2.38. The number of aryl methyl sites for hydroxylation is 1. The first-order valence-electron chi connectivity index (χ1n) is 12.3. The molecule has 0 aromatic heterocycles. The Morgan fingerprint density at radius 2 is 1.69 bits per heavy atom. The van der Waals surface area contributed by atoms with Crippen molar-refractivity contribution in [1.29, 1.82) is 5.26 Å². The molecule has 1 amide bonds. The summed E-state index contributed by atoms with van der Waals surface area (Å²) in [6.07, 6.45) is 2.44. The van der Waals surface area contributed by atoms with Gasteiger partial charge >= 0.3 is 0 Å². The maximum atomic E-state index is 13.1. The summed E-state index contributed by atoms with van der Waals surface area (Å²) in [5.41, 5.74) is 6.60. The van der Waals surface area contributed by atoms with Gasteiger partial charge in [0.25, 0.3) is 5.91 Å². The third-order valence-electron chi connectivity index (χ3n) is 6.66. The molecule has 6 heteroatoms. The lowest BCUT2D eigenvalue weighted by Gasteiger charge is -2.30. The van der Waals surface area contributed by atoms with Crippen molar-refractivity contribution in [1.82, 2.24) is 4.90 Å². The van der Waals surface area contributed by atoms with Crippen molar-refractivity contribution in [2.24, 2.45) is 0 Å². The molecule has 0 bridgehead atoms. The summed E-state index contributed by atoms with van der Waals surface area (Å²) < 4.78 is 11.3. The van der Waals surface area contributed by atoms with E-state index < -0.39 is 0 Å². The first kappa shape index (κ1) is 23.8. The van der Waals surface area contributed by atoms with Crippen LogP contribution in [-0.2, 0) is 9.53 Å². The Morgan fingerprint density at radius 1 is 0.972 bits per heavy atom. The van der Waals surface area contributed by atoms with Gasteiger partial charge in [0.2, 0.25) is 0 Å². The van der Waals surface area contributed by atoms with Gasteiger partial charge in [-0.15, -0.1) is 0 Å². The fraction of sp³-hybridized carbons (Fsp3) is 0.267. The van der Waals surface area contributed by atoms with Crippen LogP contribution in [0.3, 0.4) is 0 Å². The van der Waals surface area contributed by atoms with Crippen LogP contribution in [0.4, 0.5) is 5.69 Å². The number of fused-ring (bicyclic) bond motifs is 1. The van der Waals surface area contributed by atoms with Crippen LogP contribution in [0.15, 0.2) is 72.3 Å². The zero-order valence-electron chi connectivity index (χ0n) is 20.4. The van der Waals surface area contributed by atoms with E-state index in [1.54, 1.807) is 0 Å². The lowest BCUT2D eigenvalue weighted by molar-refractivity contribution is -0.113. The Morgan fingerprint density at radius 3 is 2.42 bits per heavy atom. The number of nitriles is 1. The average Bonchev–Trinajstić information content (AvgIpc) is 3.13. The van der Waals surface area contributed by atoms with Crippen LogP contribution in [0.1, 0.15) is 29.2 Å². The van der Waals surface area contributed by atoms with Crippen molar-refractivity contribution >= 4 is 17.7 Å². The third-order valence-corrected chi connectivity index (χ3v) is 6.66. The summed E-state index contributed by atoms with van der Waals surface area (Å²) in [4.78, 5) is 15.3. The van der Waals surface area contributed by atoms with Gasteiger partial charge in [-0.1, -0.05) is 48.0 Å². The quantitative estimate of drug-likeness (QED) is 0.533. The van der Waals surface area contributed by atoms with E-state index in [1.807, 2.05) is 36.4 Å². The van der Waals surface area contributed by atoms with Gasteiger partial charge in [0.05, 0.1) is 25.9 Å². The molecule has 3 aromatic carbocycles. The zero-order chi connectivity index (χ0) is 24.9. The predicted molar refractivity (Wildman–Crippen MR) is 141 cm³/mol. The summed E-state index contributed by atoms with van der Waals surface area (Å²) in [6.45, 7) is 5.27. The molecule has 0 saturated carbocycles. The number of nitrogens with one attached hydrogen (secondary N) is 1. The summed E-state index contributed by atoms with van der Waals surface area (Å²) in [5, 5.41) is 12.7. The Hall–Kier alpha value is -3.92. The number of carbonyl (C=O) groups excluding carboxylic acids is 1. The molecule has 5 rings (SSSR count). The number of benzene rings is 3. The molecule has 3 aromatic rings. The molecule has 0 radical (unpaired) electrons. The van der Waals surface area contributed by atoms with Crippen LogP contribution in [0.2, 0.25) is 0 Å². The van der Waals surface area contributed by atoms with E-state index in [9.17, 15) is 10.1 Å². The number of rotatable bonds is 5. The predicted octanol–water partition coefficient (Wildman–Crippen LogP) is 5.36. The molecule has 1 N–H and O–H groups in total. The van der Waals surface area contributed by atoms with Crippen molar-refractivity contribution < 1.29 is 14.3 Å². The van der Waals surface area contributed by atoms with E-state index in [4.69, 9.17) is 9.47 Å². The van der Waals surface area contributed by atoms with Crippen molar-refractivity contribution in [3.05, 3.63) is 89.0 Å². The molecule has 1 unspecified atom stereocenters. The van der Waals surface area contributed by atoms with Crippen LogP contribution >= 0.6 is 0 Å². The van der Waals surface area contributed by atoms with Gasteiger partial charge < -0.3 is 14.8 Å². The van der Waals surface area contributed by atoms with Crippen molar-refractivity contribution in [2.75, 3.05) is 38.2 Å². The SMILES string of the molecule is Cc1ccc(-c2ccc3c(c2)C=C(C(=O)Nc2ccc(C(C#N)N4CCOCC4)cc2)CCO3)cc1. The highest BCUT2D eigenvalue weighted by Gasteiger charge is 2.22. The fourth-order valence-electron chi connectivity index (χ4n) is 4.59. The average molecular weight is 480 g/mol. The van der Waals surface area contributed by atoms with Crippen LogP contribution in [0, 0.1) is 18.3 Å². The number of carbonyl (C=O) groups is 1. The molecule has 1 saturated heterocycles. The van der Waals surface area contributed by atoms with E-state index in [-0.39, 0.29) is 11.9 Å². The lowest BCUT2D eigenvalue weighted by atomic mass is 10.00. The molecular weight excluding hydrogens is 450 g/mol. The smallest absolute Gasteiger partial charge is 0.251 e. The minimum atomic E-state index is -0.320. The Kier molecular flexibility index (Phi) is 7.13. The highest BCUT2D eigenvalue weighted by molar-refractivity contribution is 6.07. The molecule has 2 aliphatic rings. The van der Waals surface area contributed by atoms with E-state index in [0.717, 1.165) is 41.1 Å². The minimum Gasteiger partial charge on any atom is -0.493 e. The topological polar surface area (TPSA) is 74.6 Å². The summed E-state index contributed by atoms with van der Waals surface area (Å²) in [7, 11) is 0. The van der Waals surface area contributed by atoms with Gasteiger partial charge in [-0.2, -0.15) is 5.26 Å². The first-order valence-corrected chi connectivity index (χ1v) is 12.3. The van der Waals surface area contributed by atoms with Crippen LogP contribution in [0.5, 0.6) is 5.75 Å². The molecule has 0 aliphatic carbocycles. The summed E-state index contributed by atoms with van der Waals surface area (Å²) >= 11 is 0. The van der Waals surface area contributed by atoms with E-state index in [1.165, 1.54) is 5.56 Å². The molecule has 36 heavy (non-hydrogen) atoms. The molecule has 1 fully saturated rings. The van der Waals surface area contributed by atoms with Gasteiger partial charge in [-0.25, -0.2) is 0 Å². The number of hydrogen-bond donors (Lipinski definition) is 1. The summed E-state index contributed by atoms with van der Waals surface area (Å²) in [5.74, 6) is 0.633. The minimum absolute atomic E-state index is 0.148. The molecule has 0 spiro atoms. The highest BCUT2D eigenvalue weighted by atomic mass is 16.5. The van der Waals surface area contributed by atoms with Gasteiger partial charge in [-0.3, -0.25) is 9.69 Å². The number of ether oxygens (including phenoxy) is 2. The molecule has 182 valence electrons. The van der Waals surface area contributed by atoms with E-state index in [0.29, 0.717) is 37.5 Å². The Bertz CT molecular complexity index is 1300. The van der Waals surface area contributed by atoms with Crippen molar-refractivity contribution in [2.45, 2.75) is 19.4 Å². The summed E-state index contributed by atoms with van der Waals surface area (Å²) in [6, 6.07) is 24.1. The Balaban J connectivity index is 1.32. The third kappa shape index (κ3) is 5.33. The molecular formula is C30H29N3O3. The molecule has 6 nitrogen and oxygen atoms in total. The largest absolute Gasteiger partial charge is 0.493 e. The number of anilines is 1. The van der Waals surface area contributed by atoms with Crippen molar-refractivity contribution in [3.63, 3.8) is 0 Å². The number of morpholine rings is 1. The maximum Gasteiger partial charge on any atom is 0.251 e. The monoisotopic (exact) mass is 479 g/mol. The second-order valence-corrected chi connectivity index (χ2v) is 9.14. The van der Waals surface area contributed by atoms with Gasteiger partial charge in [0, 0.05) is 36.3 Å². The number of hydrogen-bond acceptors (Lipinski definition) is 5. The first-order chi connectivity index (χ1) is 17.6. The van der Waals surface area contributed by atoms with Crippen molar-refractivity contribution in [3.8, 4) is 22.9 Å². The fourth-order valence-corrected chi connectivity index (χ4v) is 4.59. The van der Waals surface area contributed by atoms with Crippen LogP contribution in [-0.4, -0.2) is 43.7 Å². The molecule has 2 aliphatic heterocycles. The normalized spacial score (nSPS) is 16.5. The van der Waals surface area contributed by atoms with Crippen LogP contribution in [0.25, 0.3) is 17.2 Å². The number of amides is 1. The zero-order valence-corrected chi connectivity index (χ0v) is 20.4. The van der Waals surface area contributed by atoms with Gasteiger partial charge in [0.15, 0.2) is 0 Å². The molecule has 2 heterocycles. The van der Waals surface area contributed by atoms with Gasteiger partial charge in [0.1, 0.15) is 11.8 Å². The number of nitrogens with zero attached hydrogens (tertiary/aromatic N) is 2.